The number of carbonyl (C=O) groups excluding carboxylic acids is 1. The molecule has 2 nitrogen and oxygen atoms in total. The molecule has 0 amide bonds. The molecule has 3 saturated carbocycles. The van der Waals surface area contributed by atoms with E-state index < -0.39 is 0 Å². The van der Waals surface area contributed by atoms with Gasteiger partial charge in [-0.15, -0.1) is 0 Å². The third-order valence-corrected chi connectivity index (χ3v) is 5.73. The summed E-state index contributed by atoms with van der Waals surface area (Å²) in [7, 11) is 0. The summed E-state index contributed by atoms with van der Waals surface area (Å²) in [6.45, 7) is 5.43. The molecule has 0 N–H and O–H groups in total. The summed E-state index contributed by atoms with van der Waals surface area (Å²) >= 11 is 0. The minimum atomic E-state index is 0.0625. The van der Waals surface area contributed by atoms with Gasteiger partial charge in [0.15, 0.2) is 0 Å². The summed E-state index contributed by atoms with van der Waals surface area (Å²) in [6.07, 6.45) is 11.7. The van der Waals surface area contributed by atoms with E-state index in [2.05, 4.69) is 13.8 Å². The number of esters is 1. The van der Waals surface area contributed by atoms with Crippen LogP contribution in [0.3, 0.4) is 0 Å². The zero-order chi connectivity index (χ0) is 13.5. The van der Waals surface area contributed by atoms with Crippen LogP contribution in [0.25, 0.3) is 0 Å². The van der Waals surface area contributed by atoms with Gasteiger partial charge in [-0.05, 0) is 49.9 Å². The molecule has 108 valence electrons. The van der Waals surface area contributed by atoms with Crippen LogP contribution in [0, 0.1) is 22.7 Å². The van der Waals surface area contributed by atoms with Crippen LogP contribution in [0.2, 0.25) is 0 Å². The predicted molar refractivity (Wildman–Crippen MR) is 75.7 cm³/mol. The maximum absolute atomic E-state index is 11.6. The van der Waals surface area contributed by atoms with Crippen molar-refractivity contribution in [3.8, 4) is 0 Å². The lowest BCUT2D eigenvalue weighted by atomic mass is 9.48. The van der Waals surface area contributed by atoms with E-state index in [0.29, 0.717) is 12.0 Å². The first-order valence-corrected chi connectivity index (χ1v) is 8.18. The van der Waals surface area contributed by atoms with Gasteiger partial charge in [0.05, 0.1) is 12.5 Å². The molecule has 0 heterocycles. The predicted octanol–water partition coefficient (Wildman–Crippen LogP) is 4.33. The molecule has 0 radical (unpaired) electrons. The number of hydrogen-bond acceptors (Lipinski definition) is 2. The van der Waals surface area contributed by atoms with Crippen molar-refractivity contribution in [2.45, 2.75) is 71.6 Å². The van der Waals surface area contributed by atoms with Gasteiger partial charge < -0.3 is 4.74 Å². The molecule has 0 atom stereocenters. The number of ether oxygens (including phenoxy) is 1. The molecule has 3 aliphatic carbocycles. The van der Waals surface area contributed by atoms with E-state index in [9.17, 15) is 4.79 Å². The van der Waals surface area contributed by atoms with Crippen molar-refractivity contribution < 1.29 is 9.53 Å². The molecule has 3 fully saturated rings. The van der Waals surface area contributed by atoms with Crippen LogP contribution in [-0.2, 0) is 9.53 Å². The van der Waals surface area contributed by atoms with Crippen LogP contribution < -0.4 is 0 Å². The molecular formula is C17H28O2. The van der Waals surface area contributed by atoms with Crippen LogP contribution in [0.4, 0.5) is 0 Å². The van der Waals surface area contributed by atoms with Crippen molar-refractivity contribution in [1.29, 1.82) is 0 Å². The van der Waals surface area contributed by atoms with Crippen LogP contribution in [-0.4, -0.2) is 12.6 Å². The van der Waals surface area contributed by atoms with Gasteiger partial charge in [0.1, 0.15) is 0 Å². The molecule has 0 spiro atoms. The standard InChI is InChI=1S/C17H28O2/c1-16(12-19-15(18)13-8-9-13)10-17(2,11-16)14-6-4-3-5-7-14/h13-14H,3-12H2,1-2H3. The highest BCUT2D eigenvalue weighted by Gasteiger charge is 2.53. The highest BCUT2D eigenvalue weighted by molar-refractivity contribution is 5.74. The van der Waals surface area contributed by atoms with Gasteiger partial charge >= 0.3 is 5.97 Å². The maximum Gasteiger partial charge on any atom is 0.308 e. The first-order valence-electron chi connectivity index (χ1n) is 8.18. The normalized spacial score (nSPS) is 39.7. The summed E-state index contributed by atoms with van der Waals surface area (Å²) in [4.78, 5) is 11.6. The zero-order valence-corrected chi connectivity index (χ0v) is 12.5. The third-order valence-electron chi connectivity index (χ3n) is 5.73. The second-order valence-electron chi connectivity index (χ2n) is 8.04. The fourth-order valence-electron chi connectivity index (χ4n) is 4.77. The molecule has 0 bridgehead atoms. The molecule has 3 rings (SSSR count). The number of hydrogen-bond donors (Lipinski definition) is 0. The van der Waals surface area contributed by atoms with Crippen molar-refractivity contribution >= 4 is 5.97 Å². The molecule has 3 aliphatic rings. The second-order valence-corrected chi connectivity index (χ2v) is 8.04. The van der Waals surface area contributed by atoms with E-state index in [1.807, 2.05) is 0 Å². The van der Waals surface area contributed by atoms with E-state index in [1.165, 1.54) is 44.9 Å². The van der Waals surface area contributed by atoms with Crippen molar-refractivity contribution in [2.75, 3.05) is 6.61 Å². The Balaban J connectivity index is 1.47. The lowest BCUT2D eigenvalue weighted by Crippen LogP contribution is -2.50. The van der Waals surface area contributed by atoms with E-state index >= 15 is 0 Å². The summed E-state index contributed by atoms with van der Waals surface area (Å²) < 4.78 is 5.51. The fourth-order valence-corrected chi connectivity index (χ4v) is 4.77. The highest BCUT2D eigenvalue weighted by atomic mass is 16.5. The van der Waals surface area contributed by atoms with Gasteiger partial charge in [0.2, 0.25) is 0 Å². The van der Waals surface area contributed by atoms with Gasteiger partial charge in [0.25, 0.3) is 0 Å². The van der Waals surface area contributed by atoms with Crippen LogP contribution in [0.5, 0.6) is 0 Å². The summed E-state index contributed by atoms with van der Waals surface area (Å²) in [5, 5.41) is 0. The van der Waals surface area contributed by atoms with Gasteiger partial charge in [0, 0.05) is 5.41 Å². The minimum Gasteiger partial charge on any atom is -0.465 e. The Morgan fingerprint density at radius 1 is 1.05 bits per heavy atom. The summed E-state index contributed by atoms with van der Waals surface area (Å²) in [5.41, 5.74) is 0.790. The quantitative estimate of drug-likeness (QED) is 0.707. The van der Waals surface area contributed by atoms with Gasteiger partial charge in [-0.3, -0.25) is 4.79 Å². The second kappa shape index (κ2) is 4.79. The lowest BCUT2D eigenvalue weighted by Gasteiger charge is -2.57. The number of rotatable bonds is 4. The van der Waals surface area contributed by atoms with Gasteiger partial charge in [-0.2, -0.15) is 0 Å². The average molecular weight is 264 g/mol. The van der Waals surface area contributed by atoms with Crippen LogP contribution in [0.1, 0.15) is 71.6 Å². The van der Waals surface area contributed by atoms with Gasteiger partial charge in [-0.25, -0.2) is 0 Å². The van der Waals surface area contributed by atoms with Gasteiger partial charge in [-0.1, -0.05) is 33.1 Å². The van der Waals surface area contributed by atoms with E-state index in [4.69, 9.17) is 4.74 Å². The lowest BCUT2D eigenvalue weighted by molar-refractivity contribution is -0.159. The Morgan fingerprint density at radius 2 is 1.68 bits per heavy atom. The van der Waals surface area contributed by atoms with Crippen LogP contribution in [0.15, 0.2) is 0 Å². The molecule has 0 aromatic heterocycles. The third kappa shape index (κ3) is 2.83. The monoisotopic (exact) mass is 264 g/mol. The molecule has 0 aliphatic heterocycles. The van der Waals surface area contributed by atoms with E-state index in [0.717, 1.165) is 18.8 Å². The Morgan fingerprint density at radius 3 is 2.26 bits per heavy atom. The Hall–Kier alpha value is -0.530. The molecule has 0 unspecified atom stereocenters. The van der Waals surface area contributed by atoms with Crippen molar-refractivity contribution in [2.24, 2.45) is 22.7 Å². The fraction of sp³-hybridized carbons (Fsp3) is 0.941. The highest BCUT2D eigenvalue weighted by Crippen LogP contribution is 2.60. The molecule has 0 aromatic rings. The molecule has 0 aromatic carbocycles. The van der Waals surface area contributed by atoms with Crippen molar-refractivity contribution in [3.05, 3.63) is 0 Å². The summed E-state index contributed by atoms with van der Waals surface area (Å²) in [6, 6.07) is 0. The first kappa shape index (κ1) is 13.5. The molecule has 19 heavy (non-hydrogen) atoms. The van der Waals surface area contributed by atoms with Crippen molar-refractivity contribution in [3.63, 3.8) is 0 Å². The zero-order valence-electron chi connectivity index (χ0n) is 12.5. The topological polar surface area (TPSA) is 26.3 Å². The van der Waals surface area contributed by atoms with Crippen molar-refractivity contribution in [1.82, 2.24) is 0 Å². The Labute approximate surface area is 117 Å². The van der Waals surface area contributed by atoms with E-state index in [-0.39, 0.29) is 17.3 Å². The summed E-state index contributed by atoms with van der Waals surface area (Å²) in [5.74, 6) is 1.23. The average Bonchev–Trinajstić information content (AvgIpc) is 3.19. The van der Waals surface area contributed by atoms with Crippen LogP contribution >= 0.6 is 0 Å². The maximum atomic E-state index is 11.6. The largest absolute Gasteiger partial charge is 0.465 e. The minimum absolute atomic E-state index is 0.0625. The Bertz CT molecular complexity index is 344. The molecular weight excluding hydrogens is 236 g/mol. The SMILES string of the molecule is CC1(COC(=O)C2CC2)CC(C)(C2CCCCC2)C1. The molecule has 0 saturated heterocycles. The van der Waals surface area contributed by atoms with E-state index in [1.54, 1.807) is 0 Å². The first-order chi connectivity index (χ1) is 9.01. The molecule has 2 heteroatoms. The number of carbonyl (C=O) groups is 1. The Kier molecular flexibility index (Phi) is 3.39. The smallest absolute Gasteiger partial charge is 0.308 e.